The fraction of sp³-hybridized carbons (Fsp3) is 0.429. The lowest BCUT2D eigenvalue weighted by molar-refractivity contribution is -0.145. The van der Waals surface area contributed by atoms with Crippen molar-refractivity contribution in [3.63, 3.8) is 0 Å². The molecule has 4 nitrogen and oxygen atoms in total. The summed E-state index contributed by atoms with van der Waals surface area (Å²) in [7, 11) is 0. The van der Waals surface area contributed by atoms with Crippen molar-refractivity contribution in [3.8, 4) is 5.75 Å². The van der Waals surface area contributed by atoms with Gasteiger partial charge in [0.15, 0.2) is 6.10 Å². The quantitative estimate of drug-likeness (QED) is 0.909. The van der Waals surface area contributed by atoms with Crippen LogP contribution in [0.3, 0.4) is 0 Å². The van der Waals surface area contributed by atoms with Crippen LogP contribution in [0, 0.1) is 0 Å². The van der Waals surface area contributed by atoms with E-state index >= 15 is 0 Å². The first kappa shape index (κ1) is 12.4. The molecule has 0 radical (unpaired) electrons. The second-order valence-corrected chi connectivity index (χ2v) is 5.87. The maximum atomic E-state index is 11.0. The number of hydrogen-bond donors (Lipinski definition) is 1. The number of ether oxygens (including phenoxy) is 1. The van der Waals surface area contributed by atoms with Crippen LogP contribution in [0.2, 0.25) is 0 Å². The number of benzene rings is 1. The van der Waals surface area contributed by atoms with Gasteiger partial charge in [-0.05, 0) is 37.5 Å². The predicted octanol–water partition coefficient (Wildman–Crippen LogP) is 3.42. The number of thiazole rings is 1. The highest BCUT2D eigenvalue weighted by Crippen LogP contribution is 2.43. The zero-order chi connectivity index (χ0) is 13.4. The topological polar surface area (TPSA) is 59.4 Å². The molecule has 1 aromatic carbocycles. The van der Waals surface area contributed by atoms with Crippen molar-refractivity contribution < 1.29 is 14.6 Å². The van der Waals surface area contributed by atoms with Gasteiger partial charge < -0.3 is 9.84 Å². The first-order valence-corrected chi connectivity index (χ1v) is 7.29. The van der Waals surface area contributed by atoms with Gasteiger partial charge in [-0.1, -0.05) is 6.92 Å². The molecule has 2 aromatic rings. The fourth-order valence-electron chi connectivity index (χ4n) is 1.97. The van der Waals surface area contributed by atoms with Crippen molar-refractivity contribution in [3.05, 3.63) is 23.2 Å². The van der Waals surface area contributed by atoms with Gasteiger partial charge in [0, 0.05) is 5.92 Å². The Morgan fingerprint density at radius 3 is 3.00 bits per heavy atom. The minimum absolute atomic E-state index is 0.448. The molecular formula is C14H15NO3S. The molecule has 0 aliphatic heterocycles. The van der Waals surface area contributed by atoms with Crippen LogP contribution in [0.15, 0.2) is 18.2 Å². The molecular weight excluding hydrogens is 262 g/mol. The van der Waals surface area contributed by atoms with E-state index in [1.165, 1.54) is 17.8 Å². The van der Waals surface area contributed by atoms with Crippen molar-refractivity contribution in [1.29, 1.82) is 0 Å². The van der Waals surface area contributed by atoms with E-state index < -0.39 is 12.1 Å². The third kappa shape index (κ3) is 2.56. The summed E-state index contributed by atoms with van der Waals surface area (Å²) in [6.45, 7) is 1.80. The number of fused-ring (bicyclic) bond motifs is 1. The standard InChI is InChI=1S/C14H15NO3S/c1-2-11(14(16)17)18-9-5-6-10-12(7-9)19-13(15-10)8-3-4-8/h5-8,11H,2-4H2,1H3,(H,16,17). The monoisotopic (exact) mass is 277 g/mol. The molecule has 1 aliphatic rings. The van der Waals surface area contributed by atoms with E-state index in [2.05, 4.69) is 4.98 Å². The largest absolute Gasteiger partial charge is 0.479 e. The van der Waals surface area contributed by atoms with Crippen LogP contribution >= 0.6 is 11.3 Å². The molecule has 5 heteroatoms. The third-order valence-electron chi connectivity index (χ3n) is 3.23. The first-order valence-electron chi connectivity index (χ1n) is 6.47. The molecule has 1 aliphatic carbocycles. The Labute approximate surface area is 115 Å². The van der Waals surface area contributed by atoms with Gasteiger partial charge in [-0.15, -0.1) is 11.3 Å². The average molecular weight is 277 g/mol. The van der Waals surface area contributed by atoms with Crippen LogP contribution in [0.5, 0.6) is 5.75 Å². The van der Waals surface area contributed by atoms with Crippen LogP contribution in [-0.4, -0.2) is 22.2 Å². The lowest BCUT2D eigenvalue weighted by Crippen LogP contribution is -2.25. The predicted molar refractivity (Wildman–Crippen MR) is 73.9 cm³/mol. The number of carboxylic acid groups (broad SMARTS) is 1. The van der Waals surface area contributed by atoms with E-state index in [1.807, 2.05) is 12.1 Å². The lowest BCUT2D eigenvalue weighted by atomic mass is 10.2. The normalized spacial score (nSPS) is 16.5. The molecule has 1 saturated carbocycles. The number of aliphatic carboxylic acids is 1. The maximum Gasteiger partial charge on any atom is 0.344 e. The zero-order valence-electron chi connectivity index (χ0n) is 10.6. The van der Waals surface area contributed by atoms with Crippen LogP contribution in [-0.2, 0) is 4.79 Å². The van der Waals surface area contributed by atoms with E-state index in [0.717, 1.165) is 10.2 Å². The Hall–Kier alpha value is -1.62. The number of rotatable bonds is 5. The van der Waals surface area contributed by atoms with E-state index in [0.29, 0.717) is 18.1 Å². The Morgan fingerprint density at radius 2 is 2.37 bits per heavy atom. The summed E-state index contributed by atoms with van der Waals surface area (Å²) >= 11 is 1.69. The SMILES string of the molecule is CCC(Oc1ccc2nc(C3CC3)sc2c1)C(=O)O. The molecule has 1 fully saturated rings. The summed E-state index contributed by atoms with van der Waals surface area (Å²) in [5.74, 6) is 0.322. The number of aromatic nitrogens is 1. The van der Waals surface area contributed by atoms with Crippen molar-refractivity contribution >= 4 is 27.5 Å². The highest BCUT2D eigenvalue weighted by Gasteiger charge is 2.27. The summed E-state index contributed by atoms with van der Waals surface area (Å²) in [5.41, 5.74) is 0.975. The van der Waals surface area contributed by atoms with Gasteiger partial charge in [0.1, 0.15) is 5.75 Å². The van der Waals surface area contributed by atoms with Crippen LogP contribution in [0.1, 0.15) is 37.1 Å². The van der Waals surface area contributed by atoms with E-state index in [9.17, 15) is 4.79 Å². The second-order valence-electron chi connectivity index (χ2n) is 4.81. The number of carbonyl (C=O) groups is 1. The molecule has 0 amide bonds. The van der Waals surface area contributed by atoms with E-state index in [1.54, 1.807) is 24.3 Å². The number of carboxylic acids is 1. The molecule has 1 unspecified atom stereocenters. The molecule has 19 heavy (non-hydrogen) atoms. The van der Waals surface area contributed by atoms with Gasteiger partial charge in [0.25, 0.3) is 0 Å². The molecule has 100 valence electrons. The van der Waals surface area contributed by atoms with Crippen molar-refractivity contribution in [2.45, 2.75) is 38.2 Å². The molecule has 0 bridgehead atoms. The molecule has 1 aromatic heterocycles. The molecule has 0 spiro atoms. The molecule has 3 rings (SSSR count). The van der Waals surface area contributed by atoms with Crippen LogP contribution in [0.25, 0.3) is 10.2 Å². The van der Waals surface area contributed by atoms with Crippen molar-refractivity contribution in [2.24, 2.45) is 0 Å². The fourth-order valence-corrected chi connectivity index (χ4v) is 3.14. The first-order chi connectivity index (χ1) is 9.17. The number of nitrogens with zero attached hydrogens (tertiary/aromatic N) is 1. The van der Waals surface area contributed by atoms with E-state index in [4.69, 9.17) is 9.84 Å². The molecule has 1 heterocycles. The van der Waals surface area contributed by atoms with Gasteiger partial charge in [0.05, 0.1) is 15.2 Å². The van der Waals surface area contributed by atoms with Crippen LogP contribution in [0.4, 0.5) is 0 Å². The minimum Gasteiger partial charge on any atom is -0.479 e. The number of hydrogen-bond acceptors (Lipinski definition) is 4. The minimum atomic E-state index is -0.925. The average Bonchev–Trinajstić information content (AvgIpc) is 3.15. The zero-order valence-corrected chi connectivity index (χ0v) is 11.4. The summed E-state index contributed by atoms with van der Waals surface area (Å²) in [4.78, 5) is 15.6. The smallest absolute Gasteiger partial charge is 0.344 e. The summed E-state index contributed by atoms with van der Waals surface area (Å²) in [6.07, 6.45) is 2.14. The molecule has 0 saturated heterocycles. The second kappa shape index (κ2) is 4.81. The Kier molecular flexibility index (Phi) is 3.14. The molecule has 1 N–H and O–H groups in total. The summed E-state index contributed by atoms with van der Waals surface area (Å²) in [6, 6.07) is 5.59. The van der Waals surface area contributed by atoms with E-state index in [-0.39, 0.29) is 0 Å². The van der Waals surface area contributed by atoms with Gasteiger partial charge in [-0.2, -0.15) is 0 Å². The van der Waals surface area contributed by atoms with Crippen LogP contribution < -0.4 is 4.74 Å². The Bertz CT molecular complexity index is 618. The maximum absolute atomic E-state index is 11.0. The Morgan fingerprint density at radius 1 is 1.58 bits per heavy atom. The summed E-state index contributed by atoms with van der Waals surface area (Å²) in [5, 5.41) is 10.2. The summed E-state index contributed by atoms with van der Waals surface area (Å²) < 4.78 is 6.57. The molecule has 1 atom stereocenters. The van der Waals surface area contributed by atoms with Gasteiger partial charge in [0.2, 0.25) is 0 Å². The highest BCUT2D eigenvalue weighted by atomic mass is 32.1. The van der Waals surface area contributed by atoms with Gasteiger partial charge in [-0.25, -0.2) is 9.78 Å². The highest BCUT2D eigenvalue weighted by molar-refractivity contribution is 7.18. The lowest BCUT2D eigenvalue weighted by Gasteiger charge is -2.12. The van der Waals surface area contributed by atoms with Crippen molar-refractivity contribution in [2.75, 3.05) is 0 Å². The van der Waals surface area contributed by atoms with Gasteiger partial charge >= 0.3 is 5.97 Å². The van der Waals surface area contributed by atoms with Crippen molar-refractivity contribution in [1.82, 2.24) is 4.98 Å². The third-order valence-corrected chi connectivity index (χ3v) is 4.41. The van der Waals surface area contributed by atoms with Gasteiger partial charge in [-0.3, -0.25) is 0 Å². The Balaban J connectivity index is 1.86.